The molecule has 2 aromatic rings. The summed E-state index contributed by atoms with van der Waals surface area (Å²) in [7, 11) is 3.79. The topological polar surface area (TPSA) is 70.4 Å². The van der Waals surface area contributed by atoms with Crippen LogP contribution in [-0.2, 0) is 13.5 Å². The molecule has 1 saturated heterocycles. The monoisotopic (exact) mass is 483 g/mol. The molecule has 0 aromatic carbocycles. The maximum Gasteiger partial charge on any atom is 0.191 e. The van der Waals surface area contributed by atoms with Gasteiger partial charge in [0, 0.05) is 58.4 Å². The quantitative estimate of drug-likeness (QED) is 0.388. The summed E-state index contributed by atoms with van der Waals surface area (Å²) in [6.45, 7) is 5.00. The number of aliphatic imine (C=N–C) groups is 1. The Labute approximate surface area is 178 Å². The fraction of sp³-hybridized carbons (Fsp3) is 0.526. The molecule has 0 saturated carbocycles. The molecule has 0 radical (unpaired) electrons. The summed E-state index contributed by atoms with van der Waals surface area (Å²) in [5.41, 5.74) is 3.75. The number of guanidine groups is 1. The molecule has 0 spiro atoms. The zero-order chi connectivity index (χ0) is 18.4. The number of anilines is 1. The van der Waals surface area contributed by atoms with Gasteiger partial charge in [0.05, 0.1) is 11.9 Å². The lowest BCUT2D eigenvalue weighted by Gasteiger charge is -2.34. The molecular weight excluding hydrogens is 453 g/mol. The summed E-state index contributed by atoms with van der Waals surface area (Å²) in [6.07, 6.45) is 11.1. The van der Waals surface area contributed by atoms with Gasteiger partial charge in [-0.05, 0) is 43.4 Å². The molecule has 0 bridgehead atoms. The van der Waals surface area contributed by atoms with Gasteiger partial charge in [-0.3, -0.25) is 14.7 Å². The minimum Gasteiger partial charge on any atom is -0.367 e. The highest BCUT2D eigenvalue weighted by atomic mass is 127. The molecule has 0 amide bonds. The van der Waals surface area contributed by atoms with Crippen LogP contribution in [0.2, 0.25) is 0 Å². The molecule has 1 unspecified atom stereocenters. The number of pyridine rings is 1. The summed E-state index contributed by atoms with van der Waals surface area (Å²) in [4.78, 5) is 10.9. The number of hydrogen-bond acceptors (Lipinski definition) is 4. The van der Waals surface area contributed by atoms with Gasteiger partial charge < -0.3 is 15.5 Å². The van der Waals surface area contributed by atoms with Gasteiger partial charge in [-0.15, -0.1) is 24.0 Å². The van der Waals surface area contributed by atoms with Crippen molar-refractivity contribution in [3.05, 3.63) is 42.0 Å². The lowest BCUT2D eigenvalue weighted by atomic mass is 10.1. The molecule has 27 heavy (non-hydrogen) atoms. The van der Waals surface area contributed by atoms with Crippen LogP contribution in [0, 0.1) is 6.92 Å². The second kappa shape index (κ2) is 10.5. The third-order valence-electron chi connectivity index (χ3n) is 4.87. The van der Waals surface area contributed by atoms with E-state index in [4.69, 9.17) is 0 Å². The van der Waals surface area contributed by atoms with Gasteiger partial charge in [0.1, 0.15) is 0 Å². The predicted molar refractivity (Wildman–Crippen MR) is 121 cm³/mol. The molecule has 2 aromatic heterocycles. The number of aromatic nitrogens is 3. The van der Waals surface area contributed by atoms with Crippen molar-refractivity contribution in [3.8, 4) is 0 Å². The van der Waals surface area contributed by atoms with E-state index < -0.39 is 0 Å². The summed E-state index contributed by atoms with van der Waals surface area (Å²) in [5, 5.41) is 11.3. The van der Waals surface area contributed by atoms with Crippen LogP contribution < -0.4 is 15.5 Å². The van der Waals surface area contributed by atoms with Crippen LogP contribution in [0.4, 0.5) is 5.69 Å². The van der Waals surface area contributed by atoms with E-state index in [0.29, 0.717) is 6.04 Å². The fourth-order valence-electron chi connectivity index (χ4n) is 3.39. The average molecular weight is 483 g/mol. The van der Waals surface area contributed by atoms with Crippen LogP contribution in [-0.4, -0.2) is 53.4 Å². The van der Waals surface area contributed by atoms with E-state index in [9.17, 15) is 0 Å². The van der Waals surface area contributed by atoms with E-state index >= 15 is 0 Å². The highest BCUT2D eigenvalue weighted by Gasteiger charge is 2.21. The smallest absolute Gasteiger partial charge is 0.191 e. The number of halogens is 1. The first-order valence-corrected chi connectivity index (χ1v) is 9.26. The fourth-order valence-corrected chi connectivity index (χ4v) is 3.39. The number of hydrogen-bond donors (Lipinski definition) is 2. The van der Waals surface area contributed by atoms with Gasteiger partial charge in [-0.2, -0.15) is 5.10 Å². The number of piperidine rings is 1. The highest BCUT2D eigenvalue weighted by Crippen LogP contribution is 2.18. The number of nitrogens with zero attached hydrogens (tertiary/aromatic N) is 5. The Kier molecular flexibility index (Phi) is 8.33. The van der Waals surface area contributed by atoms with Crippen molar-refractivity contribution in [1.82, 2.24) is 25.4 Å². The minimum atomic E-state index is 0. The lowest BCUT2D eigenvalue weighted by molar-refractivity contribution is 0.468. The second-order valence-electron chi connectivity index (χ2n) is 6.85. The average Bonchev–Trinajstić information content (AvgIpc) is 3.09. The summed E-state index contributed by atoms with van der Waals surface area (Å²) in [5.74, 6) is 0.870. The lowest BCUT2D eigenvalue weighted by Crippen LogP contribution is -2.51. The molecule has 0 aliphatic carbocycles. The number of rotatable bonds is 5. The van der Waals surface area contributed by atoms with Gasteiger partial charge >= 0.3 is 0 Å². The molecule has 1 fully saturated rings. The first-order valence-electron chi connectivity index (χ1n) is 9.26. The van der Waals surface area contributed by atoms with E-state index in [-0.39, 0.29) is 24.0 Å². The molecule has 148 valence electrons. The third kappa shape index (κ3) is 6.08. The van der Waals surface area contributed by atoms with E-state index in [1.807, 2.05) is 37.4 Å². The maximum atomic E-state index is 4.38. The predicted octanol–water partition coefficient (Wildman–Crippen LogP) is 2.12. The Morgan fingerprint density at radius 1 is 1.37 bits per heavy atom. The van der Waals surface area contributed by atoms with Crippen molar-refractivity contribution in [2.24, 2.45) is 12.0 Å². The zero-order valence-corrected chi connectivity index (χ0v) is 18.7. The van der Waals surface area contributed by atoms with Crippen molar-refractivity contribution < 1.29 is 0 Å². The van der Waals surface area contributed by atoms with Crippen LogP contribution in [0.1, 0.15) is 24.0 Å². The minimum absolute atomic E-state index is 0. The third-order valence-corrected chi connectivity index (χ3v) is 4.87. The largest absolute Gasteiger partial charge is 0.367 e. The molecular formula is C19H30IN7. The van der Waals surface area contributed by atoms with Crippen LogP contribution in [0.5, 0.6) is 0 Å². The SMILES string of the molecule is CN=C(NCCc1ccncc1C)NC1CCCN(c2cnn(C)c2)C1.I. The van der Waals surface area contributed by atoms with E-state index in [2.05, 4.69) is 49.8 Å². The van der Waals surface area contributed by atoms with E-state index in [0.717, 1.165) is 38.4 Å². The standard InChI is InChI=1S/C19H29N7.HI/c1-15-11-21-8-6-16(15)7-9-22-19(20-2)24-17-5-4-10-26(13-17)18-12-23-25(3)14-18;/h6,8,11-12,14,17H,4-5,7,9-10,13H2,1-3H3,(H2,20,22,24);1H. The molecule has 3 heterocycles. The second-order valence-corrected chi connectivity index (χ2v) is 6.85. The van der Waals surface area contributed by atoms with Crippen LogP contribution in [0.3, 0.4) is 0 Å². The van der Waals surface area contributed by atoms with E-state index in [1.54, 1.807) is 0 Å². The molecule has 1 aliphatic rings. The molecule has 1 atom stereocenters. The normalized spacial score (nSPS) is 17.4. The van der Waals surface area contributed by atoms with Crippen LogP contribution >= 0.6 is 24.0 Å². The first kappa shape index (κ1) is 21.5. The van der Waals surface area contributed by atoms with Crippen molar-refractivity contribution in [2.75, 3.05) is 31.6 Å². The van der Waals surface area contributed by atoms with Crippen molar-refractivity contribution >= 4 is 35.6 Å². The number of nitrogens with one attached hydrogen (secondary N) is 2. The van der Waals surface area contributed by atoms with Gasteiger partial charge in [-0.1, -0.05) is 0 Å². The Bertz CT molecular complexity index is 743. The van der Waals surface area contributed by atoms with Gasteiger partial charge in [0.2, 0.25) is 0 Å². The Morgan fingerprint density at radius 2 is 2.22 bits per heavy atom. The van der Waals surface area contributed by atoms with Crippen molar-refractivity contribution in [1.29, 1.82) is 0 Å². The van der Waals surface area contributed by atoms with Crippen LogP contribution in [0.15, 0.2) is 35.8 Å². The van der Waals surface area contributed by atoms with Gasteiger partial charge in [0.15, 0.2) is 5.96 Å². The summed E-state index contributed by atoms with van der Waals surface area (Å²) >= 11 is 0. The zero-order valence-electron chi connectivity index (χ0n) is 16.4. The van der Waals surface area contributed by atoms with Crippen molar-refractivity contribution in [2.45, 2.75) is 32.2 Å². The summed E-state index contributed by atoms with van der Waals surface area (Å²) in [6, 6.07) is 2.47. The van der Waals surface area contributed by atoms with Gasteiger partial charge in [0.25, 0.3) is 0 Å². The molecule has 3 rings (SSSR count). The summed E-state index contributed by atoms with van der Waals surface area (Å²) < 4.78 is 1.86. The van der Waals surface area contributed by atoms with Gasteiger partial charge in [-0.25, -0.2) is 0 Å². The van der Waals surface area contributed by atoms with E-state index in [1.165, 1.54) is 23.2 Å². The maximum absolute atomic E-state index is 4.38. The molecule has 1 aliphatic heterocycles. The first-order chi connectivity index (χ1) is 12.7. The highest BCUT2D eigenvalue weighted by molar-refractivity contribution is 14.0. The molecule has 8 heteroatoms. The Morgan fingerprint density at radius 3 is 2.93 bits per heavy atom. The van der Waals surface area contributed by atoms with Crippen molar-refractivity contribution in [3.63, 3.8) is 0 Å². The molecule has 2 N–H and O–H groups in total. The number of aryl methyl sites for hydroxylation is 2. The molecule has 7 nitrogen and oxygen atoms in total. The Balaban J connectivity index is 0.00000261. The van der Waals surface area contributed by atoms with Crippen LogP contribution in [0.25, 0.3) is 0 Å². The Hall–Kier alpha value is -1.84.